The minimum Gasteiger partial charge on any atom is -0.497 e. The molecule has 1 aromatic carbocycles. The average molecular weight is 317 g/mol. The van der Waals surface area contributed by atoms with Crippen molar-refractivity contribution in [2.24, 2.45) is 0 Å². The third kappa shape index (κ3) is 2.97. The molecule has 1 aliphatic rings. The SMILES string of the molecule is COc1cc(Nc2nc(SC)nc3c2CCC3)cc(OC)c1. The van der Waals surface area contributed by atoms with Crippen LogP contribution in [0.2, 0.25) is 0 Å². The molecule has 22 heavy (non-hydrogen) atoms. The molecule has 0 saturated carbocycles. The van der Waals surface area contributed by atoms with Crippen molar-refractivity contribution in [3.05, 3.63) is 29.5 Å². The van der Waals surface area contributed by atoms with Crippen molar-refractivity contribution >= 4 is 23.3 Å². The lowest BCUT2D eigenvalue weighted by molar-refractivity contribution is 0.395. The fraction of sp³-hybridized carbons (Fsp3) is 0.375. The van der Waals surface area contributed by atoms with E-state index in [0.29, 0.717) is 0 Å². The molecule has 5 nitrogen and oxygen atoms in total. The lowest BCUT2D eigenvalue weighted by Crippen LogP contribution is -2.03. The summed E-state index contributed by atoms with van der Waals surface area (Å²) in [5.74, 6) is 2.39. The quantitative estimate of drug-likeness (QED) is 0.673. The molecule has 1 aliphatic carbocycles. The van der Waals surface area contributed by atoms with E-state index in [-0.39, 0.29) is 0 Å². The lowest BCUT2D eigenvalue weighted by Gasteiger charge is -2.13. The minimum atomic E-state index is 0.748. The Morgan fingerprint density at radius 1 is 1.05 bits per heavy atom. The summed E-state index contributed by atoms with van der Waals surface area (Å²) in [5, 5.41) is 4.21. The molecule has 2 aromatic rings. The van der Waals surface area contributed by atoms with Crippen LogP contribution in [0, 0.1) is 0 Å². The highest BCUT2D eigenvalue weighted by atomic mass is 32.2. The van der Waals surface area contributed by atoms with Crippen LogP contribution in [0.25, 0.3) is 0 Å². The van der Waals surface area contributed by atoms with E-state index in [4.69, 9.17) is 9.47 Å². The van der Waals surface area contributed by atoms with E-state index in [1.54, 1.807) is 26.0 Å². The van der Waals surface area contributed by atoms with Gasteiger partial charge < -0.3 is 14.8 Å². The Kier molecular flexibility index (Phi) is 4.38. The molecule has 116 valence electrons. The number of hydrogen-bond donors (Lipinski definition) is 1. The summed E-state index contributed by atoms with van der Waals surface area (Å²) in [6.45, 7) is 0. The van der Waals surface area contributed by atoms with E-state index in [2.05, 4.69) is 15.3 Å². The molecule has 0 unspecified atom stereocenters. The number of anilines is 2. The number of nitrogens with one attached hydrogen (secondary N) is 1. The van der Waals surface area contributed by atoms with Crippen LogP contribution in [-0.4, -0.2) is 30.4 Å². The van der Waals surface area contributed by atoms with Crippen molar-refractivity contribution in [2.75, 3.05) is 25.8 Å². The molecule has 1 heterocycles. The van der Waals surface area contributed by atoms with Crippen LogP contribution in [0.5, 0.6) is 11.5 Å². The van der Waals surface area contributed by atoms with Crippen LogP contribution >= 0.6 is 11.8 Å². The van der Waals surface area contributed by atoms with Gasteiger partial charge in [0.25, 0.3) is 0 Å². The van der Waals surface area contributed by atoms with E-state index in [0.717, 1.165) is 53.1 Å². The Balaban J connectivity index is 1.98. The second-order valence-electron chi connectivity index (χ2n) is 5.06. The van der Waals surface area contributed by atoms with Crippen molar-refractivity contribution in [1.82, 2.24) is 9.97 Å². The highest BCUT2D eigenvalue weighted by molar-refractivity contribution is 7.98. The van der Waals surface area contributed by atoms with Gasteiger partial charge in [-0.05, 0) is 25.5 Å². The standard InChI is InChI=1S/C16H19N3O2S/c1-20-11-7-10(8-12(9-11)21-2)17-15-13-5-4-6-14(13)18-16(19-15)22-3/h7-9H,4-6H2,1-3H3,(H,17,18,19). The zero-order valence-corrected chi connectivity index (χ0v) is 13.8. The first-order valence-corrected chi connectivity index (χ1v) is 8.40. The van der Waals surface area contributed by atoms with Gasteiger partial charge in [-0.2, -0.15) is 0 Å². The molecule has 0 bridgehead atoms. The molecule has 0 atom stereocenters. The smallest absolute Gasteiger partial charge is 0.189 e. The van der Waals surface area contributed by atoms with E-state index < -0.39 is 0 Å². The Bertz CT molecular complexity index is 669. The number of aromatic nitrogens is 2. The van der Waals surface area contributed by atoms with E-state index in [9.17, 15) is 0 Å². The second-order valence-corrected chi connectivity index (χ2v) is 5.84. The maximum Gasteiger partial charge on any atom is 0.189 e. The predicted octanol–water partition coefficient (Wildman–Crippen LogP) is 3.45. The number of methoxy groups -OCH3 is 2. The van der Waals surface area contributed by atoms with E-state index in [1.807, 2.05) is 24.5 Å². The number of aryl methyl sites for hydroxylation is 1. The van der Waals surface area contributed by atoms with Crippen molar-refractivity contribution in [2.45, 2.75) is 24.4 Å². The summed E-state index contributed by atoms with van der Waals surface area (Å²) in [6.07, 6.45) is 5.18. The fourth-order valence-corrected chi connectivity index (χ4v) is 3.00. The van der Waals surface area contributed by atoms with E-state index in [1.165, 1.54) is 5.56 Å². The number of rotatable bonds is 5. The van der Waals surface area contributed by atoms with Crippen molar-refractivity contribution in [3.8, 4) is 11.5 Å². The molecule has 0 fully saturated rings. The van der Waals surface area contributed by atoms with Crippen LogP contribution in [0.1, 0.15) is 17.7 Å². The van der Waals surface area contributed by atoms with Gasteiger partial charge in [0.05, 0.1) is 19.9 Å². The maximum atomic E-state index is 5.32. The number of thioether (sulfide) groups is 1. The summed E-state index contributed by atoms with van der Waals surface area (Å²) in [4.78, 5) is 9.23. The Morgan fingerprint density at radius 3 is 2.41 bits per heavy atom. The van der Waals surface area contributed by atoms with Gasteiger partial charge in [0.1, 0.15) is 17.3 Å². The van der Waals surface area contributed by atoms with Gasteiger partial charge >= 0.3 is 0 Å². The number of nitrogens with zero attached hydrogens (tertiary/aromatic N) is 2. The zero-order chi connectivity index (χ0) is 15.5. The number of hydrogen-bond acceptors (Lipinski definition) is 6. The number of fused-ring (bicyclic) bond motifs is 1. The lowest BCUT2D eigenvalue weighted by atomic mass is 10.2. The summed E-state index contributed by atoms with van der Waals surface area (Å²) in [6, 6.07) is 5.72. The summed E-state index contributed by atoms with van der Waals surface area (Å²) >= 11 is 1.56. The zero-order valence-electron chi connectivity index (χ0n) is 13.0. The van der Waals surface area contributed by atoms with Crippen molar-refractivity contribution in [3.63, 3.8) is 0 Å². The largest absolute Gasteiger partial charge is 0.497 e. The summed E-state index contributed by atoms with van der Waals surface area (Å²) in [7, 11) is 3.29. The second kappa shape index (κ2) is 6.44. The molecule has 0 aliphatic heterocycles. The Morgan fingerprint density at radius 2 is 1.77 bits per heavy atom. The first-order chi connectivity index (χ1) is 10.7. The van der Waals surface area contributed by atoms with Crippen LogP contribution in [0.15, 0.2) is 23.4 Å². The van der Waals surface area contributed by atoms with Gasteiger partial charge in [0.2, 0.25) is 0 Å². The molecule has 0 radical (unpaired) electrons. The van der Waals surface area contributed by atoms with Crippen molar-refractivity contribution in [1.29, 1.82) is 0 Å². The van der Waals surface area contributed by atoms with Gasteiger partial charge in [-0.25, -0.2) is 9.97 Å². The van der Waals surface area contributed by atoms with Crippen LogP contribution in [0.4, 0.5) is 11.5 Å². The van der Waals surface area contributed by atoms with Gasteiger partial charge in [0.15, 0.2) is 5.16 Å². The predicted molar refractivity (Wildman–Crippen MR) is 88.7 cm³/mol. The number of benzene rings is 1. The highest BCUT2D eigenvalue weighted by Crippen LogP contribution is 2.32. The van der Waals surface area contributed by atoms with Gasteiger partial charge in [0, 0.05) is 29.4 Å². The van der Waals surface area contributed by atoms with Gasteiger partial charge in [-0.15, -0.1) is 0 Å². The molecule has 0 saturated heterocycles. The summed E-state index contributed by atoms with van der Waals surface area (Å²) in [5.41, 5.74) is 3.28. The Labute approximate surface area is 134 Å². The number of ether oxygens (including phenoxy) is 2. The van der Waals surface area contributed by atoms with Gasteiger partial charge in [-0.3, -0.25) is 0 Å². The highest BCUT2D eigenvalue weighted by Gasteiger charge is 2.19. The van der Waals surface area contributed by atoms with Crippen LogP contribution < -0.4 is 14.8 Å². The minimum absolute atomic E-state index is 0.748. The summed E-state index contributed by atoms with van der Waals surface area (Å²) < 4.78 is 10.6. The Hall–Kier alpha value is -1.95. The monoisotopic (exact) mass is 317 g/mol. The molecule has 1 aromatic heterocycles. The van der Waals surface area contributed by atoms with Crippen LogP contribution in [0.3, 0.4) is 0 Å². The molecule has 1 N–H and O–H groups in total. The average Bonchev–Trinajstić information content (AvgIpc) is 3.03. The van der Waals surface area contributed by atoms with Crippen LogP contribution in [-0.2, 0) is 12.8 Å². The molecule has 3 rings (SSSR count). The van der Waals surface area contributed by atoms with Crippen molar-refractivity contribution < 1.29 is 9.47 Å². The first kappa shape index (κ1) is 15.0. The molecular formula is C16H19N3O2S. The van der Waals surface area contributed by atoms with Gasteiger partial charge in [-0.1, -0.05) is 11.8 Å². The fourth-order valence-electron chi connectivity index (χ4n) is 2.62. The maximum absolute atomic E-state index is 5.32. The third-order valence-corrected chi connectivity index (χ3v) is 4.26. The first-order valence-electron chi connectivity index (χ1n) is 7.17. The molecule has 0 amide bonds. The topological polar surface area (TPSA) is 56.3 Å². The third-order valence-electron chi connectivity index (χ3n) is 3.71. The molecule has 6 heteroatoms. The normalized spacial score (nSPS) is 12.9. The molecule has 0 spiro atoms. The van der Waals surface area contributed by atoms with E-state index >= 15 is 0 Å². The molecular weight excluding hydrogens is 298 g/mol.